The number of benzene rings is 1. The molecule has 2 aromatic heterocycles. The topological polar surface area (TPSA) is 90.3 Å². The first kappa shape index (κ1) is 15.3. The van der Waals surface area contributed by atoms with Crippen molar-refractivity contribution >= 4 is 45.4 Å². The summed E-state index contributed by atoms with van der Waals surface area (Å²) in [5.74, 6) is 0. The molecule has 0 saturated carbocycles. The lowest BCUT2D eigenvalue weighted by Gasteiger charge is -2.15. The zero-order valence-corrected chi connectivity index (χ0v) is 14.2. The molecule has 2 atom stereocenters. The van der Waals surface area contributed by atoms with Gasteiger partial charge in [-0.2, -0.15) is 20.7 Å². The van der Waals surface area contributed by atoms with Gasteiger partial charge in [-0.15, -0.1) is 0 Å². The maximum atomic E-state index is 12.6. The molecule has 0 amide bonds. The van der Waals surface area contributed by atoms with Crippen LogP contribution in [0.1, 0.15) is 0 Å². The molecule has 1 aliphatic heterocycles. The Morgan fingerprint density at radius 2 is 2.29 bits per heavy atom. The summed E-state index contributed by atoms with van der Waals surface area (Å²) < 4.78 is 17.3. The lowest BCUT2D eigenvalue weighted by atomic mass is 10.2. The van der Waals surface area contributed by atoms with E-state index >= 15 is 0 Å². The van der Waals surface area contributed by atoms with Gasteiger partial charge in [0.1, 0.15) is 22.8 Å². The maximum Gasteiger partial charge on any atom is 0.128 e. The minimum absolute atomic E-state index is 0.358. The molecule has 0 aliphatic carbocycles. The Kier molecular flexibility index (Phi) is 3.85. The van der Waals surface area contributed by atoms with Crippen molar-refractivity contribution in [1.29, 1.82) is 0 Å². The second-order valence-electron chi connectivity index (χ2n) is 5.28. The molecule has 2 unspecified atom stereocenters. The molecule has 3 heterocycles. The van der Waals surface area contributed by atoms with E-state index in [1.54, 1.807) is 40.5 Å². The molecular weight excluding hydrogens is 350 g/mol. The van der Waals surface area contributed by atoms with Crippen LogP contribution in [-0.4, -0.2) is 31.4 Å². The van der Waals surface area contributed by atoms with Crippen LogP contribution in [0.25, 0.3) is 10.9 Å². The molecule has 0 radical (unpaired) electrons. The van der Waals surface area contributed by atoms with Gasteiger partial charge in [-0.3, -0.25) is 4.68 Å². The molecule has 1 aliphatic rings. The highest BCUT2D eigenvalue weighted by molar-refractivity contribution is 7.83. The number of hydrogen-bond acceptors (Lipinski definition) is 5. The molecule has 4 rings (SSSR count). The van der Waals surface area contributed by atoms with Crippen molar-refractivity contribution in [3.63, 3.8) is 0 Å². The van der Waals surface area contributed by atoms with Gasteiger partial charge in [-0.1, -0.05) is 17.7 Å². The van der Waals surface area contributed by atoms with Gasteiger partial charge in [0.25, 0.3) is 0 Å². The van der Waals surface area contributed by atoms with Crippen LogP contribution < -0.4 is 15.3 Å². The number of hydrazine groups is 1. The van der Waals surface area contributed by atoms with Gasteiger partial charge in [0, 0.05) is 29.2 Å². The van der Waals surface area contributed by atoms with E-state index in [4.69, 9.17) is 11.6 Å². The fourth-order valence-electron chi connectivity index (χ4n) is 2.45. The first-order valence-corrected chi connectivity index (χ1v) is 8.66. The highest BCUT2D eigenvalue weighted by Gasteiger charge is 2.22. The number of nitrogens with one attached hydrogen (secondary N) is 3. The third kappa shape index (κ3) is 2.82. The van der Waals surface area contributed by atoms with Gasteiger partial charge in [0.05, 0.1) is 23.5 Å². The van der Waals surface area contributed by atoms with Gasteiger partial charge in [0.15, 0.2) is 0 Å². The fraction of sp³-hybridized carbons (Fsp3) is 0.143. The van der Waals surface area contributed by atoms with Crippen LogP contribution in [0.4, 0.5) is 5.69 Å². The van der Waals surface area contributed by atoms with Crippen molar-refractivity contribution in [2.24, 2.45) is 12.1 Å². The van der Waals surface area contributed by atoms with Crippen molar-refractivity contribution in [2.45, 2.75) is 11.1 Å². The molecule has 3 aromatic rings. The monoisotopic (exact) mass is 363 g/mol. The number of halogens is 1. The summed E-state index contributed by atoms with van der Waals surface area (Å²) in [6.45, 7) is 0. The third-order valence-electron chi connectivity index (χ3n) is 3.57. The Labute approximate surface area is 145 Å². The second-order valence-corrected chi connectivity index (χ2v) is 6.93. The van der Waals surface area contributed by atoms with E-state index in [-0.39, 0.29) is 6.17 Å². The number of hydrazone groups is 1. The van der Waals surface area contributed by atoms with Crippen LogP contribution in [0, 0.1) is 0 Å². The van der Waals surface area contributed by atoms with Gasteiger partial charge in [-0.05, 0) is 12.1 Å². The van der Waals surface area contributed by atoms with Gasteiger partial charge >= 0.3 is 0 Å². The predicted octanol–water partition coefficient (Wildman–Crippen LogP) is 1.50. The standard InChI is InChI=1S/C14H14ClN7OS/c1-21-8-10(5-17-21)22-18-7-14(19-22)20-24(23)13-6-16-12-4-9(15)2-3-11(12)13/h2-8,14,16,19-20H,1H3. The van der Waals surface area contributed by atoms with E-state index < -0.39 is 11.0 Å². The SMILES string of the molecule is Cn1cc(N2N=CC(NS(=O)c3c[nH]c4cc(Cl)ccc34)N2)cn1. The zero-order chi connectivity index (χ0) is 16.7. The molecule has 124 valence electrons. The first-order chi connectivity index (χ1) is 11.6. The molecule has 0 bridgehead atoms. The molecule has 8 nitrogen and oxygen atoms in total. The number of aromatic nitrogens is 3. The van der Waals surface area contributed by atoms with E-state index in [9.17, 15) is 4.21 Å². The van der Waals surface area contributed by atoms with Crippen LogP contribution in [0.15, 0.2) is 46.8 Å². The Bertz CT molecular complexity index is 950. The van der Waals surface area contributed by atoms with Crippen LogP contribution in [0.5, 0.6) is 0 Å². The van der Waals surface area contributed by atoms with E-state index in [2.05, 4.69) is 25.3 Å². The summed E-state index contributed by atoms with van der Waals surface area (Å²) in [6.07, 6.45) is 6.52. The van der Waals surface area contributed by atoms with Crippen molar-refractivity contribution in [3.05, 3.63) is 41.8 Å². The van der Waals surface area contributed by atoms with E-state index in [0.29, 0.717) is 9.92 Å². The van der Waals surface area contributed by atoms with E-state index in [0.717, 1.165) is 16.6 Å². The molecular formula is C14H14ClN7OS. The minimum Gasteiger partial charge on any atom is -0.360 e. The van der Waals surface area contributed by atoms with Crippen LogP contribution in [0.2, 0.25) is 5.02 Å². The van der Waals surface area contributed by atoms with E-state index in [1.165, 1.54) is 0 Å². The van der Waals surface area contributed by atoms with Crippen molar-refractivity contribution in [3.8, 4) is 0 Å². The summed E-state index contributed by atoms with van der Waals surface area (Å²) >= 11 is 5.97. The lowest BCUT2D eigenvalue weighted by molar-refractivity contribution is 0.605. The predicted molar refractivity (Wildman–Crippen MR) is 94.0 cm³/mol. The molecule has 0 fully saturated rings. The van der Waals surface area contributed by atoms with Crippen molar-refractivity contribution in [2.75, 3.05) is 5.12 Å². The summed E-state index contributed by atoms with van der Waals surface area (Å²) in [4.78, 5) is 3.74. The minimum atomic E-state index is -1.42. The number of nitrogens with zero attached hydrogens (tertiary/aromatic N) is 4. The molecule has 0 spiro atoms. The molecule has 10 heteroatoms. The largest absolute Gasteiger partial charge is 0.360 e. The van der Waals surface area contributed by atoms with Gasteiger partial charge in [-0.25, -0.2) is 8.93 Å². The summed E-state index contributed by atoms with van der Waals surface area (Å²) in [6, 6.07) is 5.43. The van der Waals surface area contributed by atoms with Gasteiger partial charge < -0.3 is 4.98 Å². The number of aryl methyl sites for hydroxylation is 1. The van der Waals surface area contributed by atoms with Crippen LogP contribution >= 0.6 is 11.6 Å². The molecule has 1 aromatic carbocycles. The third-order valence-corrected chi connectivity index (χ3v) is 5.01. The fourth-order valence-corrected chi connectivity index (χ4v) is 3.64. The van der Waals surface area contributed by atoms with Gasteiger partial charge in [0.2, 0.25) is 0 Å². The van der Waals surface area contributed by atoms with Crippen LogP contribution in [-0.2, 0) is 18.0 Å². The Morgan fingerprint density at radius 3 is 3.08 bits per heavy atom. The Morgan fingerprint density at radius 1 is 1.42 bits per heavy atom. The summed E-state index contributed by atoms with van der Waals surface area (Å²) in [5, 5.41) is 11.4. The lowest BCUT2D eigenvalue weighted by Crippen LogP contribution is -2.45. The maximum absolute atomic E-state index is 12.6. The second kappa shape index (κ2) is 6.02. The smallest absolute Gasteiger partial charge is 0.128 e. The highest BCUT2D eigenvalue weighted by Crippen LogP contribution is 2.24. The summed E-state index contributed by atoms with van der Waals surface area (Å²) in [7, 11) is 0.416. The van der Waals surface area contributed by atoms with Crippen molar-refractivity contribution < 1.29 is 4.21 Å². The summed E-state index contributed by atoms with van der Waals surface area (Å²) in [5.41, 5.74) is 4.73. The number of aromatic amines is 1. The van der Waals surface area contributed by atoms with E-state index in [1.807, 2.05) is 19.3 Å². The Hall–Kier alpha value is -2.20. The average molecular weight is 364 g/mol. The highest BCUT2D eigenvalue weighted by atomic mass is 35.5. The molecule has 0 saturated heterocycles. The molecule has 3 N–H and O–H groups in total. The average Bonchev–Trinajstić information content (AvgIpc) is 3.25. The number of rotatable bonds is 4. The molecule has 24 heavy (non-hydrogen) atoms. The number of fused-ring (bicyclic) bond motifs is 1. The first-order valence-electron chi connectivity index (χ1n) is 7.14. The normalized spacial score (nSPS) is 18.6. The quantitative estimate of drug-likeness (QED) is 0.655. The van der Waals surface area contributed by atoms with Crippen molar-refractivity contribution in [1.82, 2.24) is 24.9 Å². The zero-order valence-electron chi connectivity index (χ0n) is 12.6. The number of anilines is 1. The number of hydrogen-bond donors (Lipinski definition) is 3. The Balaban J connectivity index is 1.47. The number of H-pyrrole nitrogens is 1. The van der Waals surface area contributed by atoms with Crippen LogP contribution in [0.3, 0.4) is 0 Å².